The summed E-state index contributed by atoms with van der Waals surface area (Å²) in [4.78, 5) is 14.5. The number of carbonyl (C=O) groups excluding carboxylic acids is 1. The normalized spacial score (nSPS) is 16.3. The van der Waals surface area contributed by atoms with Crippen LogP contribution in [0.25, 0.3) is 10.6 Å². The average molecular weight is 423 g/mol. The van der Waals surface area contributed by atoms with Crippen molar-refractivity contribution in [1.82, 2.24) is 20.4 Å². The highest BCUT2D eigenvalue weighted by molar-refractivity contribution is 7.14. The van der Waals surface area contributed by atoms with Gasteiger partial charge in [0.2, 0.25) is 0 Å². The first-order valence-electron chi connectivity index (χ1n) is 10.3. The predicted octanol–water partition coefficient (Wildman–Crippen LogP) is 4.35. The summed E-state index contributed by atoms with van der Waals surface area (Å²) in [6.45, 7) is 2.12. The Labute approximate surface area is 180 Å². The first-order valence-corrected chi connectivity index (χ1v) is 11.1. The van der Waals surface area contributed by atoms with E-state index in [0.29, 0.717) is 13.1 Å². The summed E-state index contributed by atoms with van der Waals surface area (Å²) in [6.07, 6.45) is 2.85. The molecule has 156 valence electrons. The van der Waals surface area contributed by atoms with Gasteiger partial charge in [0.1, 0.15) is 15.8 Å². The van der Waals surface area contributed by atoms with Gasteiger partial charge in [-0.05, 0) is 49.1 Å². The van der Waals surface area contributed by atoms with Gasteiger partial charge in [-0.1, -0.05) is 41.7 Å². The average Bonchev–Trinajstić information content (AvgIpc) is 3.30. The Bertz CT molecular complexity index is 959. The fourth-order valence-corrected chi connectivity index (χ4v) is 4.66. The maximum absolute atomic E-state index is 12.6. The van der Waals surface area contributed by atoms with Gasteiger partial charge in [-0.3, -0.25) is 0 Å². The highest BCUT2D eigenvalue weighted by Crippen LogP contribution is 2.33. The van der Waals surface area contributed by atoms with E-state index in [1.807, 2.05) is 47.4 Å². The third-order valence-electron chi connectivity index (χ3n) is 5.37. The molecule has 2 heterocycles. The molecule has 1 saturated heterocycles. The number of piperidine rings is 1. The van der Waals surface area contributed by atoms with E-state index >= 15 is 0 Å². The van der Waals surface area contributed by atoms with Gasteiger partial charge in [0.25, 0.3) is 0 Å². The molecule has 0 spiro atoms. The highest BCUT2D eigenvalue weighted by Gasteiger charge is 2.27. The second-order valence-electron chi connectivity index (χ2n) is 7.43. The van der Waals surface area contributed by atoms with Crippen LogP contribution in [-0.2, 0) is 6.42 Å². The van der Waals surface area contributed by atoms with Crippen molar-refractivity contribution in [2.75, 3.05) is 26.7 Å². The summed E-state index contributed by atoms with van der Waals surface area (Å²) < 4.78 is 5.22. The number of urea groups is 1. The van der Waals surface area contributed by atoms with Crippen LogP contribution >= 0.6 is 11.3 Å². The number of rotatable bonds is 6. The highest BCUT2D eigenvalue weighted by atomic mass is 32.1. The Balaban J connectivity index is 1.33. The summed E-state index contributed by atoms with van der Waals surface area (Å²) in [5.41, 5.74) is 2.26. The summed E-state index contributed by atoms with van der Waals surface area (Å²) in [5.74, 6) is 1.06. The van der Waals surface area contributed by atoms with Crippen LogP contribution in [0.4, 0.5) is 4.79 Å². The fraction of sp³-hybridized carbons (Fsp3) is 0.348. The van der Waals surface area contributed by atoms with Crippen LogP contribution in [0.3, 0.4) is 0 Å². The number of carbonyl (C=O) groups is 1. The number of aromatic nitrogens is 2. The minimum Gasteiger partial charge on any atom is -0.497 e. The number of likely N-dealkylation sites (tertiary alicyclic amines) is 1. The minimum absolute atomic E-state index is 0.00974. The Kier molecular flexibility index (Phi) is 6.59. The van der Waals surface area contributed by atoms with Crippen molar-refractivity contribution in [3.63, 3.8) is 0 Å². The third kappa shape index (κ3) is 4.97. The van der Waals surface area contributed by atoms with Crippen LogP contribution in [0.15, 0.2) is 54.6 Å². The molecule has 0 radical (unpaired) electrons. The number of ether oxygens (including phenoxy) is 1. The lowest BCUT2D eigenvalue weighted by molar-refractivity contribution is 0.179. The van der Waals surface area contributed by atoms with Crippen molar-refractivity contribution >= 4 is 17.4 Å². The second-order valence-corrected chi connectivity index (χ2v) is 8.44. The molecular formula is C23H26N4O2S. The van der Waals surface area contributed by atoms with Gasteiger partial charge in [0.15, 0.2) is 0 Å². The quantitative estimate of drug-likeness (QED) is 0.641. The van der Waals surface area contributed by atoms with E-state index in [9.17, 15) is 4.79 Å². The lowest BCUT2D eigenvalue weighted by Gasteiger charge is -2.31. The smallest absolute Gasteiger partial charge is 0.317 e. The first kappa shape index (κ1) is 20.3. The van der Waals surface area contributed by atoms with Gasteiger partial charge in [0.05, 0.1) is 7.11 Å². The molecule has 1 atom stereocenters. The maximum atomic E-state index is 12.6. The fourth-order valence-electron chi connectivity index (χ4n) is 3.68. The zero-order valence-corrected chi connectivity index (χ0v) is 17.9. The lowest BCUT2D eigenvalue weighted by atomic mass is 9.99. The van der Waals surface area contributed by atoms with Crippen molar-refractivity contribution in [3.8, 4) is 16.3 Å². The van der Waals surface area contributed by atoms with E-state index in [2.05, 4.69) is 27.6 Å². The van der Waals surface area contributed by atoms with Gasteiger partial charge < -0.3 is 15.0 Å². The van der Waals surface area contributed by atoms with E-state index in [1.54, 1.807) is 18.4 Å². The molecule has 7 heteroatoms. The molecule has 1 aliphatic heterocycles. The Hall–Kier alpha value is -2.93. The van der Waals surface area contributed by atoms with Crippen LogP contribution < -0.4 is 10.1 Å². The molecule has 0 saturated carbocycles. The molecule has 2 amide bonds. The van der Waals surface area contributed by atoms with E-state index in [4.69, 9.17) is 4.74 Å². The maximum Gasteiger partial charge on any atom is 0.317 e. The van der Waals surface area contributed by atoms with Crippen molar-refractivity contribution in [2.24, 2.45) is 0 Å². The minimum atomic E-state index is 0.00974. The molecule has 3 aromatic rings. The topological polar surface area (TPSA) is 67.4 Å². The molecule has 1 unspecified atom stereocenters. The van der Waals surface area contributed by atoms with E-state index in [0.717, 1.165) is 47.1 Å². The van der Waals surface area contributed by atoms with Gasteiger partial charge >= 0.3 is 6.03 Å². The summed E-state index contributed by atoms with van der Waals surface area (Å²) >= 11 is 1.61. The van der Waals surface area contributed by atoms with Crippen LogP contribution in [0.1, 0.15) is 29.3 Å². The van der Waals surface area contributed by atoms with E-state index < -0.39 is 0 Å². The van der Waals surface area contributed by atoms with Gasteiger partial charge in [-0.2, -0.15) is 0 Å². The Morgan fingerprint density at radius 3 is 2.73 bits per heavy atom. The molecule has 6 nitrogen and oxygen atoms in total. The lowest BCUT2D eigenvalue weighted by Crippen LogP contribution is -2.45. The van der Waals surface area contributed by atoms with Crippen molar-refractivity contribution in [3.05, 3.63) is 65.2 Å². The number of nitrogens with one attached hydrogen (secondary N) is 1. The predicted molar refractivity (Wildman–Crippen MR) is 119 cm³/mol. The molecule has 0 bridgehead atoms. The number of hydrogen-bond acceptors (Lipinski definition) is 5. The molecule has 1 N–H and O–H groups in total. The standard InChI is InChI=1S/C23H26N4O2S/c1-29-20-11-9-18(10-12-20)21-25-26-22(30-21)19-8-5-15-27(16-19)23(28)24-14-13-17-6-3-2-4-7-17/h2-4,6-7,9-12,19H,5,8,13-16H2,1H3,(H,24,28). The SMILES string of the molecule is COc1ccc(-c2nnc(C3CCCN(C(=O)NCCc4ccccc4)C3)s2)cc1. The van der Waals surface area contributed by atoms with Crippen molar-refractivity contribution in [2.45, 2.75) is 25.2 Å². The largest absolute Gasteiger partial charge is 0.497 e. The number of hydrogen-bond donors (Lipinski definition) is 1. The molecule has 4 rings (SSSR count). The summed E-state index contributed by atoms with van der Waals surface area (Å²) in [7, 11) is 1.66. The van der Waals surface area contributed by atoms with E-state index in [-0.39, 0.29) is 11.9 Å². The molecule has 1 aromatic heterocycles. The van der Waals surface area contributed by atoms with Gasteiger partial charge in [0, 0.05) is 31.1 Å². The number of nitrogens with zero attached hydrogens (tertiary/aromatic N) is 3. The van der Waals surface area contributed by atoms with Gasteiger partial charge in [-0.15, -0.1) is 10.2 Å². The number of methoxy groups -OCH3 is 1. The molecule has 2 aromatic carbocycles. The Morgan fingerprint density at radius 2 is 1.97 bits per heavy atom. The summed E-state index contributed by atoms with van der Waals surface area (Å²) in [6, 6.07) is 18.1. The third-order valence-corrected chi connectivity index (χ3v) is 6.50. The number of amides is 2. The first-order chi connectivity index (χ1) is 14.7. The zero-order valence-electron chi connectivity index (χ0n) is 17.1. The molecule has 1 aliphatic rings. The molecule has 30 heavy (non-hydrogen) atoms. The summed E-state index contributed by atoms with van der Waals surface area (Å²) in [5, 5.41) is 13.8. The van der Waals surface area contributed by atoms with E-state index in [1.165, 1.54) is 5.56 Å². The Morgan fingerprint density at radius 1 is 1.17 bits per heavy atom. The van der Waals surface area contributed by atoms with Gasteiger partial charge in [-0.25, -0.2) is 4.79 Å². The molecule has 1 fully saturated rings. The zero-order chi connectivity index (χ0) is 20.8. The van der Waals surface area contributed by atoms with Crippen LogP contribution in [0, 0.1) is 0 Å². The number of benzene rings is 2. The molecule has 0 aliphatic carbocycles. The van der Waals surface area contributed by atoms with Crippen molar-refractivity contribution < 1.29 is 9.53 Å². The van der Waals surface area contributed by atoms with Crippen molar-refractivity contribution in [1.29, 1.82) is 0 Å². The van der Waals surface area contributed by atoms with Crippen LogP contribution in [-0.4, -0.2) is 47.9 Å². The van der Waals surface area contributed by atoms with Crippen LogP contribution in [0.5, 0.6) is 5.75 Å². The van der Waals surface area contributed by atoms with Crippen LogP contribution in [0.2, 0.25) is 0 Å². The second kappa shape index (κ2) is 9.71. The molecular weight excluding hydrogens is 396 g/mol. The monoisotopic (exact) mass is 422 g/mol.